The molecule has 1 aromatic carbocycles. The number of nitrogens with one attached hydrogen (secondary N) is 3. The summed E-state index contributed by atoms with van der Waals surface area (Å²) in [4.78, 5) is 64.2. The number of fused-ring (bicyclic) bond motifs is 2. The molecule has 7 rings (SSSR count). The van der Waals surface area contributed by atoms with Crippen LogP contribution < -0.4 is 26.5 Å². The van der Waals surface area contributed by atoms with Crippen LogP contribution in [0.15, 0.2) is 53.5 Å². The van der Waals surface area contributed by atoms with E-state index in [9.17, 15) is 19.2 Å². The second-order valence-corrected chi connectivity index (χ2v) is 12.9. The summed E-state index contributed by atoms with van der Waals surface area (Å²) in [6.07, 6.45) is 5.01. The molecule has 4 aromatic heterocycles. The number of imidazole rings is 2. The number of hydrogen-bond donors (Lipinski definition) is 3. The molecule has 3 N–H and O–H groups in total. The summed E-state index contributed by atoms with van der Waals surface area (Å²) in [5, 5.41) is 13.2. The van der Waals surface area contributed by atoms with Crippen LogP contribution in [0, 0.1) is 0 Å². The molecule has 1 atom stereocenters. The molecule has 15 heteroatoms. The first-order valence-corrected chi connectivity index (χ1v) is 17.1. The van der Waals surface area contributed by atoms with E-state index in [1.165, 1.54) is 4.57 Å². The van der Waals surface area contributed by atoms with Crippen LogP contribution in [0.1, 0.15) is 54.7 Å². The van der Waals surface area contributed by atoms with E-state index < -0.39 is 11.9 Å². The molecule has 260 valence electrons. The third kappa shape index (κ3) is 6.19. The van der Waals surface area contributed by atoms with Gasteiger partial charge < -0.3 is 15.5 Å². The van der Waals surface area contributed by atoms with Crippen LogP contribution in [0.4, 0.5) is 11.5 Å². The first kappa shape index (κ1) is 33.0. The van der Waals surface area contributed by atoms with Crippen LogP contribution in [0.2, 0.25) is 0 Å². The van der Waals surface area contributed by atoms with Crippen molar-refractivity contribution in [3.63, 3.8) is 0 Å². The summed E-state index contributed by atoms with van der Waals surface area (Å²) in [5.74, 6) is 0.159. The maximum absolute atomic E-state index is 13.5. The van der Waals surface area contributed by atoms with Crippen molar-refractivity contribution in [2.75, 3.05) is 43.4 Å². The number of imide groups is 1. The van der Waals surface area contributed by atoms with E-state index in [4.69, 9.17) is 10.1 Å². The van der Waals surface area contributed by atoms with Gasteiger partial charge in [0.1, 0.15) is 17.6 Å². The molecule has 0 bridgehead atoms. The number of amides is 3. The van der Waals surface area contributed by atoms with Crippen LogP contribution in [-0.4, -0.2) is 91.1 Å². The van der Waals surface area contributed by atoms with Crippen molar-refractivity contribution >= 4 is 46.4 Å². The second-order valence-electron chi connectivity index (χ2n) is 12.9. The fourth-order valence-electron chi connectivity index (χ4n) is 6.79. The number of hydrogen-bond acceptors (Lipinski definition) is 10. The predicted octanol–water partition coefficient (Wildman–Crippen LogP) is 2.31. The van der Waals surface area contributed by atoms with Gasteiger partial charge in [0.2, 0.25) is 12.3 Å². The molecule has 5 aromatic rings. The van der Waals surface area contributed by atoms with Crippen LogP contribution in [0.3, 0.4) is 0 Å². The zero-order valence-electron chi connectivity index (χ0n) is 28.4. The second kappa shape index (κ2) is 13.7. The zero-order valence-corrected chi connectivity index (χ0v) is 28.4. The topological polar surface area (TPSA) is 164 Å². The van der Waals surface area contributed by atoms with Crippen LogP contribution in [0.5, 0.6) is 0 Å². The molecule has 1 saturated carbocycles. The van der Waals surface area contributed by atoms with E-state index in [-0.39, 0.29) is 17.6 Å². The maximum Gasteiger partial charge on any atom is 0.329 e. The number of anilines is 2. The quantitative estimate of drug-likeness (QED) is 0.167. The average Bonchev–Trinajstić information content (AvgIpc) is 3.78. The van der Waals surface area contributed by atoms with Crippen molar-refractivity contribution in [1.82, 2.24) is 44.2 Å². The van der Waals surface area contributed by atoms with Gasteiger partial charge in [0.05, 0.1) is 28.6 Å². The summed E-state index contributed by atoms with van der Waals surface area (Å²) < 4.78 is 4.70. The van der Waals surface area contributed by atoms with Crippen LogP contribution in [-0.2, 0) is 23.2 Å². The Morgan fingerprint density at radius 3 is 2.56 bits per heavy atom. The lowest BCUT2D eigenvalue weighted by Gasteiger charge is -2.35. The summed E-state index contributed by atoms with van der Waals surface area (Å²) in [7, 11) is 3.54. The van der Waals surface area contributed by atoms with Gasteiger partial charge in [-0.2, -0.15) is 5.10 Å². The van der Waals surface area contributed by atoms with Gasteiger partial charge in [0.25, 0.3) is 5.91 Å². The Balaban J connectivity index is 1.09. The van der Waals surface area contributed by atoms with E-state index in [0.29, 0.717) is 54.0 Å². The van der Waals surface area contributed by atoms with Gasteiger partial charge in [-0.1, -0.05) is 31.5 Å². The van der Waals surface area contributed by atoms with Gasteiger partial charge in [0, 0.05) is 52.9 Å². The highest BCUT2D eigenvalue weighted by Gasteiger charge is 2.28. The SMILES string of the molecule is CCCC(C(=O)NC=O)n1c(=O)n(C)c2c(CN3CCN(c4cccc(-c5cc(NC)c6ncc(C(=O)NC7CC7)n6n5)n4)CC3)cccc21. The Morgan fingerprint density at radius 1 is 1.06 bits per heavy atom. The number of piperazine rings is 1. The van der Waals surface area contributed by atoms with Crippen molar-refractivity contribution in [3.8, 4) is 11.4 Å². The molecule has 5 heterocycles. The smallest absolute Gasteiger partial charge is 0.329 e. The molecule has 1 aliphatic heterocycles. The lowest BCUT2D eigenvalue weighted by Crippen LogP contribution is -2.46. The van der Waals surface area contributed by atoms with E-state index in [2.05, 4.69) is 30.7 Å². The summed E-state index contributed by atoms with van der Waals surface area (Å²) in [6.45, 7) is 5.63. The fraction of sp³-hybridized carbons (Fsp3) is 0.400. The van der Waals surface area contributed by atoms with E-state index >= 15 is 0 Å². The van der Waals surface area contributed by atoms with Gasteiger partial charge in [-0.25, -0.2) is 19.3 Å². The summed E-state index contributed by atoms with van der Waals surface area (Å²) in [6, 6.07) is 13.0. The third-order valence-electron chi connectivity index (χ3n) is 9.53. The minimum Gasteiger partial charge on any atom is -0.385 e. The number of nitrogens with zero attached hydrogens (tertiary/aromatic N) is 8. The molecule has 0 radical (unpaired) electrons. The van der Waals surface area contributed by atoms with E-state index in [0.717, 1.165) is 61.6 Å². The maximum atomic E-state index is 13.5. The Hall–Kier alpha value is -5.57. The molecule has 3 amide bonds. The van der Waals surface area contributed by atoms with Crippen LogP contribution in [0.25, 0.3) is 28.1 Å². The van der Waals surface area contributed by atoms with Gasteiger partial charge in [-0.3, -0.25) is 33.7 Å². The molecule has 0 spiro atoms. The molecule has 15 nitrogen and oxygen atoms in total. The normalized spacial score (nSPS) is 15.7. The van der Waals surface area contributed by atoms with Crippen LogP contribution >= 0.6 is 0 Å². The van der Waals surface area contributed by atoms with Crippen molar-refractivity contribution < 1.29 is 14.4 Å². The third-order valence-corrected chi connectivity index (χ3v) is 9.53. The minimum atomic E-state index is -0.778. The summed E-state index contributed by atoms with van der Waals surface area (Å²) >= 11 is 0. The lowest BCUT2D eigenvalue weighted by molar-refractivity contribution is -0.128. The van der Waals surface area contributed by atoms with Crippen molar-refractivity contribution in [1.29, 1.82) is 0 Å². The molecule has 50 heavy (non-hydrogen) atoms. The molecule has 1 unspecified atom stereocenters. The number of carbonyl (C=O) groups is 3. The van der Waals surface area contributed by atoms with Crippen molar-refractivity contribution in [3.05, 3.63) is 70.4 Å². The Morgan fingerprint density at radius 2 is 1.84 bits per heavy atom. The number of carbonyl (C=O) groups excluding carboxylic acids is 3. The number of aryl methyl sites for hydroxylation is 1. The molecular formula is C35H41N11O4. The van der Waals surface area contributed by atoms with Gasteiger partial charge >= 0.3 is 5.69 Å². The monoisotopic (exact) mass is 679 g/mol. The average molecular weight is 680 g/mol. The molecule has 2 fully saturated rings. The number of rotatable bonds is 12. The van der Waals surface area contributed by atoms with Crippen molar-refractivity contribution in [2.45, 2.75) is 51.2 Å². The highest BCUT2D eigenvalue weighted by Crippen LogP contribution is 2.28. The number of para-hydroxylation sites is 1. The zero-order chi connectivity index (χ0) is 34.9. The van der Waals surface area contributed by atoms with Gasteiger partial charge in [0.15, 0.2) is 11.3 Å². The first-order chi connectivity index (χ1) is 24.3. The minimum absolute atomic E-state index is 0.190. The largest absolute Gasteiger partial charge is 0.385 e. The highest BCUT2D eigenvalue weighted by atomic mass is 16.2. The molecular weight excluding hydrogens is 638 g/mol. The highest BCUT2D eigenvalue weighted by molar-refractivity contribution is 5.94. The molecule has 1 aliphatic carbocycles. The predicted molar refractivity (Wildman–Crippen MR) is 189 cm³/mol. The number of pyridine rings is 1. The van der Waals surface area contributed by atoms with Crippen molar-refractivity contribution in [2.24, 2.45) is 7.05 Å². The fourth-order valence-corrected chi connectivity index (χ4v) is 6.79. The molecule has 2 aliphatic rings. The Labute approximate surface area is 288 Å². The Bertz CT molecular complexity index is 2140. The van der Waals surface area contributed by atoms with E-state index in [1.54, 1.807) is 22.3 Å². The molecule has 1 saturated heterocycles. The standard InChI is InChI=1S/C35H41N11O4/c1-4-7-28(33(48)38-21-47)45-27-10-5-8-22(31(27)42(3)35(45)50)20-43-14-16-44(17-15-43)30-11-6-9-24(40-30)25-18-26(36-2)32-37-19-29(46(32)41-25)34(49)39-23-12-13-23/h5-6,8-11,18-19,21,23,28,36H,4,7,12-17,20H2,1-3H3,(H,39,49)(H,38,47,48). The Kier molecular flexibility index (Phi) is 9.06. The van der Waals surface area contributed by atoms with E-state index in [1.807, 2.05) is 56.4 Å². The number of benzene rings is 1. The van der Waals surface area contributed by atoms with Gasteiger partial charge in [-0.15, -0.1) is 0 Å². The summed E-state index contributed by atoms with van der Waals surface area (Å²) in [5.41, 5.74) is 5.17. The first-order valence-electron chi connectivity index (χ1n) is 17.1. The lowest BCUT2D eigenvalue weighted by atomic mass is 10.1. The number of aromatic nitrogens is 6. The van der Waals surface area contributed by atoms with Gasteiger partial charge in [-0.05, 0) is 49.1 Å².